The Labute approximate surface area is 159 Å². The van der Waals surface area contributed by atoms with Gasteiger partial charge in [-0.05, 0) is 54.9 Å². The smallest absolute Gasteiger partial charge is 0.243 e. The lowest BCUT2D eigenvalue weighted by Crippen LogP contribution is -2.35. The molecule has 0 unspecified atom stereocenters. The van der Waals surface area contributed by atoms with Crippen LogP contribution in [0.1, 0.15) is 23.1 Å². The number of nitriles is 2. The van der Waals surface area contributed by atoms with Crippen LogP contribution in [0.3, 0.4) is 0 Å². The zero-order chi connectivity index (χ0) is 19.3. The van der Waals surface area contributed by atoms with E-state index in [1.807, 2.05) is 18.2 Å². The normalized spacial score (nSPS) is 16.2. The third-order valence-electron chi connectivity index (χ3n) is 4.66. The van der Waals surface area contributed by atoms with E-state index in [0.717, 1.165) is 25.1 Å². The highest BCUT2D eigenvalue weighted by Gasteiger charge is 2.26. The maximum Gasteiger partial charge on any atom is 0.243 e. The van der Waals surface area contributed by atoms with Gasteiger partial charge in [0.1, 0.15) is 0 Å². The second kappa shape index (κ2) is 8.32. The molecule has 0 spiro atoms. The fourth-order valence-corrected chi connectivity index (χ4v) is 4.61. The maximum absolute atomic E-state index is 12.9. The van der Waals surface area contributed by atoms with Crippen LogP contribution in [0.25, 0.3) is 0 Å². The first kappa shape index (κ1) is 19.1. The van der Waals surface area contributed by atoms with E-state index in [9.17, 15) is 8.42 Å². The van der Waals surface area contributed by atoms with Gasteiger partial charge in [-0.25, -0.2) is 8.42 Å². The van der Waals surface area contributed by atoms with Gasteiger partial charge in [0.15, 0.2) is 0 Å². The Kier molecular flexibility index (Phi) is 5.88. The van der Waals surface area contributed by atoms with E-state index < -0.39 is 10.0 Å². The summed E-state index contributed by atoms with van der Waals surface area (Å²) in [5.74, 6) is 0. The predicted molar refractivity (Wildman–Crippen MR) is 101 cm³/mol. The lowest BCUT2D eigenvalue weighted by Gasteiger charge is -2.22. The van der Waals surface area contributed by atoms with Crippen LogP contribution in [0.2, 0.25) is 0 Å². The van der Waals surface area contributed by atoms with Crippen molar-refractivity contribution in [3.8, 4) is 12.1 Å². The Balaban J connectivity index is 1.66. The Bertz CT molecular complexity index is 971. The molecule has 2 aromatic carbocycles. The van der Waals surface area contributed by atoms with Crippen LogP contribution < -0.4 is 0 Å². The summed E-state index contributed by atoms with van der Waals surface area (Å²) in [5, 5.41) is 17.7. The molecule has 2 aromatic rings. The quantitative estimate of drug-likeness (QED) is 0.812. The molecule has 3 rings (SSSR count). The SMILES string of the molecule is N#Cc1ccc(CN2CCCN(S(=O)(=O)c3ccc(C#N)cc3)CC2)cc1. The van der Waals surface area contributed by atoms with Gasteiger partial charge in [-0.1, -0.05) is 12.1 Å². The minimum absolute atomic E-state index is 0.224. The standard InChI is InChI=1S/C20H20N4O2S/c21-14-17-2-4-19(5-3-17)16-23-10-1-11-24(13-12-23)27(25,26)20-8-6-18(15-22)7-9-20/h2-9H,1,10-13,16H2. The zero-order valence-electron chi connectivity index (χ0n) is 14.9. The first-order chi connectivity index (χ1) is 13.0. The number of benzene rings is 2. The minimum atomic E-state index is -3.55. The van der Waals surface area contributed by atoms with Gasteiger partial charge in [0.05, 0.1) is 28.2 Å². The molecule has 0 amide bonds. The molecule has 27 heavy (non-hydrogen) atoms. The fourth-order valence-electron chi connectivity index (χ4n) is 3.14. The largest absolute Gasteiger partial charge is 0.298 e. The summed E-state index contributed by atoms with van der Waals surface area (Å²) >= 11 is 0. The van der Waals surface area contributed by atoms with Crippen LogP contribution in [-0.4, -0.2) is 43.8 Å². The molecule has 0 bridgehead atoms. The minimum Gasteiger partial charge on any atom is -0.298 e. The summed E-state index contributed by atoms with van der Waals surface area (Å²) in [6.45, 7) is 3.11. The molecule has 1 heterocycles. The van der Waals surface area contributed by atoms with Crippen LogP contribution in [0, 0.1) is 22.7 Å². The molecule has 1 aliphatic rings. The van der Waals surface area contributed by atoms with Crippen molar-refractivity contribution in [1.29, 1.82) is 10.5 Å². The van der Waals surface area contributed by atoms with Crippen molar-refractivity contribution < 1.29 is 8.42 Å². The number of sulfonamides is 1. The Morgan fingerprint density at radius 2 is 1.41 bits per heavy atom. The van der Waals surface area contributed by atoms with Crippen molar-refractivity contribution in [3.05, 3.63) is 65.2 Å². The average molecular weight is 380 g/mol. The Hall–Kier alpha value is -2.71. The van der Waals surface area contributed by atoms with Crippen LogP contribution in [0.5, 0.6) is 0 Å². The van der Waals surface area contributed by atoms with Crippen LogP contribution in [0.4, 0.5) is 0 Å². The van der Waals surface area contributed by atoms with Crippen molar-refractivity contribution in [2.75, 3.05) is 26.2 Å². The second-order valence-electron chi connectivity index (χ2n) is 6.48. The number of nitrogens with zero attached hydrogens (tertiary/aromatic N) is 4. The zero-order valence-corrected chi connectivity index (χ0v) is 15.7. The average Bonchev–Trinajstić information content (AvgIpc) is 2.95. The van der Waals surface area contributed by atoms with Gasteiger partial charge in [-0.3, -0.25) is 4.90 Å². The van der Waals surface area contributed by atoms with Crippen molar-refractivity contribution in [2.24, 2.45) is 0 Å². The molecule has 1 aliphatic heterocycles. The second-order valence-corrected chi connectivity index (χ2v) is 8.42. The van der Waals surface area contributed by atoms with E-state index in [1.54, 1.807) is 12.1 Å². The van der Waals surface area contributed by atoms with Crippen molar-refractivity contribution in [3.63, 3.8) is 0 Å². The summed E-state index contributed by atoms with van der Waals surface area (Å²) in [7, 11) is -3.55. The number of rotatable bonds is 4. The lowest BCUT2D eigenvalue weighted by molar-refractivity contribution is 0.278. The molecule has 6 nitrogen and oxygen atoms in total. The highest BCUT2D eigenvalue weighted by atomic mass is 32.2. The molecule has 0 saturated carbocycles. The first-order valence-electron chi connectivity index (χ1n) is 8.74. The highest BCUT2D eigenvalue weighted by Crippen LogP contribution is 2.19. The third kappa shape index (κ3) is 4.53. The van der Waals surface area contributed by atoms with Crippen molar-refractivity contribution in [1.82, 2.24) is 9.21 Å². The van der Waals surface area contributed by atoms with E-state index in [2.05, 4.69) is 11.0 Å². The van der Waals surface area contributed by atoms with Crippen LogP contribution in [-0.2, 0) is 16.6 Å². The summed E-state index contributed by atoms with van der Waals surface area (Å²) < 4.78 is 27.3. The van der Waals surface area contributed by atoms with Crippen LogP contribution >= 0.6 is 0 Å². The highest BCUT2D eigenvalue weighted by molar-refractivity contribution is 7.89. The molecule has 138 valence electrons. The summed E-state index contributed by atoms with van der Waals surface area (Å²) in [6.07, 6.45) is 0.756. The van der Waals surface area contributed by atoms with Gasteiger partial charge in [-0.15, -0.1) is 0 Å². The molecule has 7 heteroatoms. The summed E-state index contributed by atoms with van der Waals surface area (Å²) in [6, 6.07) is 17.6. The molecule has 1 fully saturated rings. The number of hydrogen-bond donors (Lipinski definition) is 0. The molecular weight excluding hydrogens is 360 g/mol. The predicted octanol–water partition coefficient (Wildman–Crippen LogP) is 2.33. The van der Waals surface area contributed by atoms with Gasteiger partial charge in [0.2, 0.25) is 10.0 Å². The molecule has 1 saturated heterocycles. The summed E-state index contributed by atoms with van der Waals surface area (Å²) in [5.41, 5.74) is 2.19. The maximum atomic E-state index is 12.9. The van der Waals surface area contributed by atoms with E-state index in [4.69, 9.17) is 10.5 Å². The molecular formula is C20H20N4O2S. The lowest BCUT2D eigenvalue weighted by atomic mass is 10.1. The van der Waals surface area contributed by atoms with Gasteiger partial charge in [0.25, 0.3) is 0 Å². The molecule has 0 aromatic heterocycles. The first-order valence-corrected chi connectivity index (χ1v) is 10.2. The Morgan fingerprint density at radius 3 is 2.00 bits per heavy atom. The third-order valence-corrected chi connectivity index (χ3v) is 6.57. The van der Waals surface area contributed by atoms with E-state index in [0.29, 0.717) is 30.8 Å². The molecule has 0 atom stereocenters. The Morgan fingerprint density at radius 1 is 0.815 bits per heavy atom. The van der Waals surface area contributed by atoms with Crippen molar-refractivity contribution in [2.45, 2.75) is 17.9 Å². The van der Waals surface area contributed by atoms with Gasteiger partial charge < -0.3 is 0 Å². The van der Waals surface area contributed by atoms with E-state index in [1.165, 1.54) is 28.6 Å². The van der Waals surface area contributed by atoms with E-state index >= 15 is 0 Å². The molecule has 0 radical (unpaired) electrons. The monoisotopic (exact) mass is 380 g/mol. The molecule has 0 aliphatic carbocycles. The topological polar surface area (TPSA) is 88.2 Å². The molecule has 0 N–H and O–H groups in total. The van der Waals surface area contributed by atoms with Gasteiger partial charge in [-0.2, -0.15) is 14.8 Å². The van der Waals surface area contributed by atoms with Gasteiger partial charge >= 0.3 is 0 Å². The summed E-state index contributed by atoms with van der Waals surface area (Å²) in [4.78, 5) is 2.46. The van der Waals surface area contributed by atoms with Crippen molar-refractivity contribution >= 4 is 10.0 Å². The van der Waals surface area contributed by atoms with Crippen LogP contribution in [0.15, 0.2) is 53.4 Å². The fraction of sp³-hybridized carbons (Fsp3) is 0.300. The van der Waals surface area contributed by atoms with E-state index in [-0.39, 0.29) is 4.90 Å². The number of hydrogen-bond acceptors (Lipinski definition) is 5. The van der Waals surface area contributed by atoms with Gasteiger partial charge in [0, 0.05) is 26.2 Å².